The second-order valence-corrected chi connectivity index (χ2v) is 7.78. The van der Waals surface area contributed by atoms with Gasteiger partial charge in [-0.25, -0.2) is 8.78 Å². The van der Waals surface area contributed by atoms with E-state index in [2.05, 4.69) is 0 Å². The molecule has 1 aliphatic carbocycles. The number of benzene rings is 3. The van der Waals surface area contributed by atoms with Crippen molar-refractivity contribution in [3.63, 3.8) is 0 Å². The van der Waals surface area contributed by atoms with Crippen LogP contribution in [0.1, 0.15) is 29.9 Å². The van der Waals surface area contributed by atoms with Crippen molar-refractivity contribution in [3.05, 3.63) is 107 Å². The van der Waals surface area contributed by atoms with Crippen molar-refractivity contribution in [2.75, 3.05) is 0 Å². The Labute approximate surface area is 174 Å². The van der Waals surface area contributed by atoms with Gasteiger partial charge in [0.25, 0.3) is 0 Å². The van der Waals surface area contributed by atoms with Crippen LogP contribution in [0.3, 0.4) is 0 Å². The monoisotopic (exact) mass is 410 g/mol. The quantitative estimate of drug-likeness (QED) is 0.385. The smallest absolute Gasteiger partial charge is 0.165 e. The molecule has 3 aromatic rings. The zero-order valence-electron chi connectivity index (χ0n) is 15.8. The lowest BCUT2D eigenvalue weighted by atomic mass is 9.92. The predicted octanol–water partition coefficient (Wildman–Crippen LogP) is 7.86. The third-order valence-corrected chi connectivity index (χ3v) is 5.37. The van der Waals surface area contributed by atoms with Gasteiger partial charge in [0.15, 0.2) is 11.6 Å². The summed E-state index contributed by atoms with van der Waals surface area (Å²) in [4.78, 5) is 0. The molecular weight excluding hydrogens is 390 g/mol. The molecular formula is C25H21ClF2O. The molecule has 0 amide bonds. The summed E-state index contributed by atoms with van der Waals surface area (Å²) < 4.78 is 34.8. The first-order valence-corrected chi connectivity index (χ1v) is 10.1. The van der Waals surface area contributed by atoms with Crippen LogP contribution in [-0.2, 0) is 6.42 Å². The van der Waals surface area contributed by atoms with Crippen molar-refractivity contribution in [2.45, 2.75) is 25.2 Å². The molecule has 0 radical (unpaired) electrons. The molecule has 1 aliphatic rings. The summed E-state index contributed by atoms with van der Waals surface area (Å²) in [5.41, 5.74) is 1.73. The minimum atomic E-state index is -0.445. The Hall–Kier alpha value is -2.65. The van der Waals surface area contributed by atoms with Crippen molar-refractivity contribution in [3.8, 4) is 11.5 Å². The van der Waals surface area contributed by atoms with Crippen molar-refractivity contribution >= 4 is 11.6 Å². The van der Waals surface area contributed by atoms with E-state index in [-0.39, 0.29) is 17.5 Å². The molecule has 1 saturated carbocycles. The van der Waals surface area contributed by atoms with Crippen molar-refractivity contribution < 1.29 is 13.5 Å². The molecule has 0 saturated heterocycles. The Morgan fingerprint density at radius 2 is 1.76 bits per heavy atom. The standard InChI is InChI=1S/C25H21ClF2O/c26-20-12-10-19(11-13-20)25(18-8-9-18)23(28)15-7-17-6-14-22(27)24(16-17)29-21-4-2-1-3-5-21/h1-6,10-16,18,25H,7-9H2/b23-15+/t25-/m1/s1. The van der Waals surface area contributed by atoms with Crippen molar-refractivity contribution in [2.24, 2.45) is 5.92 Å². The van der Waals surface area contributed by atoms with Gasteiger partial charge in [0.05, 0.1) is 0 Å². The number of hydrogen-bond acceptors (Lipinski definition) is 1. The van der Waals surface area contributed by atoms with Gasteiger partial charge in [-0.3, -0.25) is 0 Å². The van der Waals surface area contributed by atoms with Crippen LogP contribution in [0, 0.1) is 11.7 Å². The molecule has 1 nitrogen and oxygen atoms in total. The highest BCUT2D eigenvalue weighted by Gasteiger charge is 2.35. The van der Waals surface area contributed by atoms with Gasteiger partial charge in [-0.15, -0.1) is 0 Å². The fourth-order valence-electron chi connectivity index (χ4n) is 3.47. The average molecular weight is 411 g/mol. The van der Waals surface area contributed by atoms with Crippen LogP contribution >= 0.6 is 11.6 Å². The molecule has 0 heterocycles. The van der Waals surface area contributed by atoms with Crippen molar-refractivity contribution in [1.29, 1.82) is 0 Å². The summed E-state index contributed by atoms with van der Waals surface area (Å²) >= 11 is 5.97. The van der Waals surface area contributed by atoms with E-state index in [1.165, 1.54) is 6.07 Å². The van der Waals surface area contributed by atoms with Gasteiger partial charge in [-0.05, 0) is 78.8 Å². The van der Waals surface area contributed by atoms with Gasteiger partial charge in [0.1, 0.15) is 11.6 Å². The molecule has 4 rings (SSSR count). The van der Waals surface area contributed by atoms with E-state index in [0.717, 1.165) is 24.0 Å². The first-order chi connectivity index (χ1) is 14.1. The zero-order valence-corrected chi connectivity index (χ0v) is 16.6. The third kappa shape index (κ3) is 5.04. The summed E-state index contributed by atoms with van der Waals surface area (Å²) in [6, 6.07) is 21.1. The van der Waals surface area contributed by atoms with Crippen LogP contribution in [0.25, 0.3) is 0 Å². The second kappa shape index (κ2) is 8.79. The van der Waals surface area contributed by atoms with Gasteiger partial charge in [-0.2, -0.15) is 0 Å². The summed E-state index contributed by atoms with van der Waals surface area (Å²) in [5.74, 6) is 0.190. The van der Waals surface area contributed by atoms with Crippen molar-refractivity contribution in [1.82, 2.24) is 0 Å². The highest BCUT2D eigenvalue weighted by molar-refractivity contribution is 6.30. The molecule has 1 fully saturated rings. The molecule has 0 bridgehead atoms. The lowest BCUT2D eigenvalue weighted by molar-refractivity contribution is 0.441. The van der Waals surface area contributed by atoms with Crippen LogP contribution < -0.4 is 4.74 Å². The molecule has 148 valence electrons. The van der Waals surface area contributed by atoms with E-state index in [0.29, 0.717) is 23.1 Å². The minimum absolute atomic E-state index is 0.138. The molecule has 1 atom stereocenters. The zero-order chi connectivity index (χ0) is 20.2. The maximum Gasteiger partial charge on any atom is 0.165 e. The lowest BCUT2D eigenvalue weighted by Gasteiger charge is -2.15. The lowest BCUT2D eigenvalue weighted by Crippen LogP contribution is -2.03. The maximum absolute atomic E-state index is 15.1. The summed E-state index contributed by atoms with van der Waals surface area (Å²) in [6.45, 7) is 0. The Bertz CT molecular complexity index is 995. The summed E-state index contributed by atoms with van der Waals surface area (Å²) in [6.07, 6.45) is 4.02. The van der Waals surface area contributed by atoms with Gasteiger partial charge < -0.3 is 4.74 Å². The van der Waals surface area contributed by atoms with Gasteiger partial charge >= 0.3 is 0 Å². The number of ether oxygens (including phenoxy) is 1. The van der Waals surface area contributed by atoms with E-state index < -0.39 is 5.82 Å². The van der Waals surface area contributed by atoms with Crippen LogP contribution in [-0.4, -0.2) is 0 Å². The molecule has 0 aliphatic heterocycles. The topological polar surface area (TPSA) is 9.23 Å². The van der Waals surface area contributed by atoms with E-state index in [4.69, 9.17) is 16.3 Å². The molecule has 0 aromatic heterocycles. The maximum atomic E-state index is 15.1. The van der Waals surface area contributed by atoms with Crippen LogP contribution in [0.4, 0.5) is 8.78 Å². The molecule has 0 spiro atoms. The molecule has 29 heavy (non-hydrogen) atoms. The third-order valence-electron chi connectivity index (χ3n) is 5.12. The number of rotatable bonds is 7. The fourth-order valence-corrected chi connectivity index (χ4v) is 3.59. The Kier molecular flexibility index (Phi) is 5.96. The highest BCUT2D eigenvalue weighted by atomic mass is 35.5. The van der Waals surface area contributed by atoms with E-state index in [9.17, 15) is 4.39 Å². The molecule has 0 N–H and O–H groups in total. The van der Waals surface area contributed by atoms with Crippen LogP contribution in [0.15, 0.2) is 84.7 Å². The molecule has 0 unspecified atom stereocenters. The SMILES string of the molecule is F/C(=C/Cc1ccc(F)c(Oc2ccccc2)c1)[C@@H](c1ccc(Cl)cc1)C1CC1. The van der Waals surface area contributed by atoms with E-state index in [1.54, 1.807) is 42.5 Å². The first kappa shape index (κ1) is 19.7. The summed E-state index contributed by atoms with van der Waals surface area (Å²) in [5, 5.41) is 0.643. The summed E-state index contributed by atoms with van der Waals surface area (Å²) in [7, 11) is 0. The average Bonchev–Trinajstić information content (AvgIpc) is 3.56. The Balaban J connectivity index is 1.51. The second-order valence-electron chi connectivity index (χ2n) is 7.34. The fraction of sp³-hybridized carbons (Fsp3) is 0.200. The largest absolute Gasteiger partial charge is 0.454 e. The number of halogens is 3. The number of hydrogen-bond donors (Lipinski definition) is 0. The first-order valence-electron chi connectivity index (χ1n) is 9.72. The van der Waals surface area contributed by atoms with E-state index >= 15 is 4.39 Å². The van der Waals surface area contributed by atoms with Crippen LogP contribution in [0.2, 0.25) is 5.02 Å². The van der Waals surface area contributed by atoms with Gasteiger partial charge in [0.2, 0.25) is 0 Å². The minimum Gasteiger partial charge on any atom is -0.454 e. The molecule has 3 aromatic carbocycles. The van der Waals surface area contributed by atoms with Gasteiger partial charge in [-0.1, -0.05) is 48.0 Å². The van der Waals surface area contributed by atoms with Crippen LogP contribution in [0.5, 0.6) is 11.5 Å². The van der Waals surface area contributed by atoms with E-state index in [1.807, 2.05) is 30.3 Å². The Morgan fingerprint density at radius 1 is 1.03 bits per heavy atom. The normalized spacial score (nSPS) is 15.2. The number of para-hydroxylation sites is 1. The Morgan fingerprint density at radius 3 is 2.45 bits per heavy atom. The van der Waals surface area contributed by atoms with Gasteiger partial charge in [0, 0.05) is 10.9 Å². The highest BCUT2D eigenvalue weighted by Crippen LogP contribution is 2.47. The predicted molar refractivity (Wildman–Crippen MR) is 113 cm³/mol. The number of allylic oxidation sites excluding steroid dienone is 2. The molecule has 4 heteroatoms.